The van der Waals surface area contributed by atoms with Crippen LogP contribution >= 0.6 is 0 Å². The van der Waals surface area contributed by atoms with Gasteiger partial charge >= 0.3 is 0 Å². The van der Waals surface area contributed by atoms with Crippen molar-refractivity contribution in [1.29, 1.82) is 5.26 Å². The Morgan fingerprint density at radius 2 is 1.80 bits per heavy atom. The van der Waals surface area contributed by atoms with Gasteiger partial charge in [-0.25, -0.2) is 0 Å². The van der Waals surface area contributed by atoms with E-state index in [1.165, 1.54) is 11.8 Å². The summed E-state index contributed by atoms with van der Waals surface area (Å²) in [6.07, 6.45) is 0.307. The molecule has 2 aromatic carbocycles. The maximum atomic E-state index is 12.1. The van der Waals surface area contributed by atoms with E-state index in [2.05, 4.69) is 11.4 Å². The van der Waals surface area contributed by atoms with Gasteiger partial charge in [0.15, 0.2) is 0 Å². The summed E-state index contributed by atoms with van der Waals surface area (Å²) in [5, 5.41) is 12.0. The first-order valence-electron chi connectivity index (χ1n) is 8.11. The Balaban J connectivity index is 1.96. The van der Waals surface area contributed by atoms with Crippen LogP contribution in [0.4, 0.5) is 5.69 Å². The molecule has 0 aliphatic heterocycles. The summed E-state index contributed by atoms with van der Waals surface area (Å²) in [5.41, 5.74) is 3.05. The lowest BCUT2D eigenvalue weighted by atomic mass is 10.1. The predicted octanol–water partition coefficient (Wildman–Crippen LogP) is 2.58. The molecule has 0 aliphatic carbocycles. The molecule has 0 aliphatic rings. The summed E-state index contributed by atoms with van der Waals surface area (Å²) in [6.45, 7) is 4.06. The Morgan fingerprint density at radius 3 is 2.48 bits per heavy atom. The molecule has 0 bridgehead atoms. The second-order valence-electron chi connectivity index (χ2n) is 5.75. The van der Waals surface area contributed by atoms with E-state index in [1.54, 1.807) is 24.3 Å². The first kappa shape index (κ1) is 18.2. The fourth-order valence-electron chi connectivity index (χ4n) is 2.60. The van der Waals surface area contributed by atoms with Crippen LogP contribution < -0.4 is 10.2 Å². The molecule has 0 unspecified atom stereocenters. The quantitative estimate of drug-likeness (QED) is 0.882. The molecule has 0 saturated heterocycles. The largest absolute Gasteiger partial charge is 0.354 e. The summed E-state index contributed by atoms with van der Waals surface area (Å²) < 4.78 is 0. The van der Waals surface area contributed by atoms with Crippen LogP contribution in [0.15, 0.2) is 48.5 Å². The minimum atomic E-state index is -0.171. The molecule has 0 heterocycles. The third-order valence-electron chi connectivity index (χ3n) is 3.97. The van der Waals surface area contributed by atoms with Gasteiger partial charge in [0.05, 0.1) is 17.7 Å². The van der Waals surface area contributed by atoms with E-state index in [-0.39, 0.29) is 11.8 Å². The lowest BCUT2D eigenvalue weighted by Gasteiger charge is -2.22. The van der Waals surface area contributed by atoms with E-state index < -0.39 is 0 Å². The van der Waals surface area contributed by atoms with Crippen molar-refractivity contribution in [1.82, 2.24) is 5.32 Å². The average molecular weight is 335 g/mol. The van der Waals surface area contributed by atoms with Gasteiger partial charge < -0.3 is 10.2 Å². The number of anilines is 1. The van der Waals surface area contributed by atoms with Crippen LogP contribution in [-0.4, -0.2) is 24.9 Å². The Kier molecular flexibility index (Phi) is 6.30. The zero-order valence-corrected chi connectivity index (χ0v) is 14.5. The second-order valence-corrected chi connectivity index (χ2v) is 5.75. The predicted molar refractivity (Wildman–Crippen MR) is 97.1 cm³/mol. The standard InChI is InChI=1S/C20H21N3O2/c1-15-7-3-4-8-17(15)13-20(25)22-11-12-23(16(2)24)19-10-6-5-9-18(19)14-21/h3-10H,11-13H2,1-2H3,(H,22,25). The fourth-order valence-corrected chi connectivity index (χ4v) is 2.60. The van der Waals surface area contributed by atoms with Crippen LogP contribution in [0.5, 0.6) is 0 Å². The SMILES string of the molecule is CC(=O)N(CCNC(=O)Cc1ccccc1C)c1ccccc1C#N. The highest BCUT2D eigenvalue weighted by Gasteiger charge is 2.15. The molecule has 2 amide bonds. The molecule has 0 fully saturated rings. The Hall–Kier alpha value is -3.13. The third-order valence-corrected chi connectivity index (χ3v) is 3.97. The minimum absolute atomic E-state index is 0.0913. The van der Waals surface area contributed by atoms with E-state index in [0.717, 1.165) is 11.1 Å². The van der Waals surface area contributed by atoms with Crippen LogP contribution in [0.3, 0.4) is 0 Å². The van der Waals surface area contributed by atoms with E-state index in [4.69, 9.17) is 0 Å². The molecule has 128 valence electrons. The van der Waals surface area contributed by atoms with E-state index in [0.29, 0.717) is 30.8 Å². The third kappa shape index (κ3) is 4.92. The van der Waals surface area contributed by atoms with Crippen molar-refractivity contribution >= 4 is 17.5 Å². The van der Waals surface area contributed by atoms with Crippen molar-refractivity contribution in [2.75, 3.05) is 18.0 Å². The number of nitrogens with one attached hydrogen (secondary N) is 1. The number of carbonyl (C=O) groups is 2. The van der Waals surface area contributed by atoms with Gasteiger partial charge in [-0.2, -0.15) is 5.26 Å². The number of nitriles is 1. The summed E-state index contributed by atoms with van der Waals surface area (Å²) in [4.78, 5) is 25.5. The lowest BCUT2D eigenvalue weighted by molar-refractivity contribution is -0.121. The maximum absolute atomic E-state index is 12.1. The molecule has 25 heavy (non-hydrogen) atoms. The maximum Gasteiger partial charge on any atom is 0.224 e. The number of hydrogen-bond donors (Lipinski definition) is 1. The zero-order valence-electron chi connectivity index (χ0n) is 14.5. The first-order chi connectivity index (χ1) is 12.0. The number of rotatable bonds is 6. The molecule has 0 saturated carbocycles. The highest BCUT2D eigenvalue weighted by Crippen LogP contribution is 2.19. The monoisotopic (exact) mass is 335 g/mol. The molecule has 0 spiro atoms. The van der Waals surface area contributed by atoms with Crippen molar-refractivity contribution in [3.63, 3.8) is 0 Å². The lowest BCUT2D eigenvalue weighted by Crippen LogP contribution is -2.38. The van der Waals surface area contributed by atoms with Crippen molar-refractivity contribution in [2.45, 2.75) is 20.3 Å². The van der Waals surface area contributed by atoms with E-state index >= 15 is 0 Å². The van der Waals surface area contributed by atoms with Gasteiger partial charge in [-0.1, -0.05) is 36.4 Å². The van der Waals surface area contributed by atoms with Crippen LogP contribution in [0.1, 0.15) is 23.6 Å². The van der Waals surface area contributed by atoms with Gasteiger partial charge in [-0.3, -0.25) is 9.59 Å². The molecular formula is C20H21N3O2. The zero-order chi connectivity index (χ0) is 18.2. The van der Waals surface area contributed by atoms with Crippen LogP contribution in [-0.2, 0) is 16.0 Å². The van der Waals surface area contributed by atoms with Gasteiger partial charge in [-0.05, 0) is 30.2 Å². The molecular weight excluding hydrogens is 314 g/mol. The van der Waals surface area contributed by atoms with Crippen molar-refractivity contribution in [2.24, 2.45) is 0 Å². The van der Waals surface area contributed by atoms with Gasteiger partial charge in [0.25, 0.3) is 0 Å². The minimum Gasteiger partial charge on any atom is -0.354 e. The van der Waals surface area contributed by atoms with Crippen LogP contribution in [0.25, 0.3) is 0 Å². The average Bonchev–Trinajstić information content (AvgIpc) is 2.60. The summed E-state index contributed by atoms with van der Waals surface area (Å²) in [7, 11) is 0. The van der Waals surface area contributed by atoms with Crippen molar-refractivity contribution < 1.29 is 9.59 Å². The number of amides is 2. The van der Waals surface area contributed by atoms with Gasteiger partial charge in [0.1, 0.15) is 6.07 Å². The van der Waals surface area contributed by atoms with E-state index in [1.807, 2.05) is 31.2 Å². The number of aryl methyl sites for hydroxylation is 1. The molecule has 5 nitrogen and oxygen atoms in total. The molecule has 1 N–H and O–H groups in total. The smallest absolute Gasteiger partial charge is 0.224 e. The summed E-state index contributed by atoms with van der Waals surface area (Å²) in [6, 6.07) is 16.8. The molecule has 2 rings (SSSR count). The number of hydrogen-bond acceptors (Lipinski definition) is 3. The number of benzene rings is 2. The molecule has 0 radical (unpaired) electrons. The Morgan fingerprint density at radius 1 is 1.12 bits per heavy atom. The normalized spacial score (nSPS) is 9.96. The first-order valence-corrected chi connectivity index (χ1v) is 8.11. The summed E-state index contributed by atoms with van der Waals surface area (Å²) in [5.74, 6) is -0.262. The highest BCUT2D eigenvalue weighted by atomic mass is 16.2. The van der Waals surface area contributed by atoms with Crippen LogP contribution in [0.2, 0.25) is 0 Å². The number of carbonyl (C=O) groups excluding carboxylic acids is 2. The Labute approximate surface area is 147 Å². The van der Waals surface area contributed by atoms with Crippen LogP contribution in [0, 0.1) is 18.3 Å². The molecule has 0 atom stereocenters. The summed E-state index contributed by atoms with van der Waals surface area (Å²) >= 11 is 0. The van der Waals surface area contributed by atoms with Gasteiger partial charge in [0, 0.05) is 20.0 Å². The van der Waals surface area contributed by atoms with Gasteiger partial charge in [-0.15, -0.1) is 0 Å². The van der Waals surface area contributed by atoms with Gasteiger partial charge in [0.2, 0.25) is 11.8 Å². The Bertz CT molecular complexity index is 809. The van der Waals surface area contributed by atoms with Crippen molar-refractivity contribution in [3.05, 3.63) is 65.2 Å². The topological polar surface area (TPSA) is 73.2 Å². The van der Waals surface area contributed by atoms with E-state index in [9.17, 15) is 14.9 Å². The molecule has 5 heteroatoms. The fraction of sp³-hybridized carbons (Fsp3) is 0.250. The number of nitrogens with zero attached hydrogens (tertiary/aromatic N) is 2. The molecule has 0 aromatic heterocycles. The van der Waals surface area contributed by atoms with Crippen molar-refractivity contribution in [3.8, 4) is 6.07 Å². The number of para-hydroxylation sites is 1. The second kappa shape index (κ2) is 8.65. The molecule has 2 aromatic rings. The highest BCUT2D eigenvalue weighted by molar-refractivity contribution is 5.93.